The Hall–Kier alpha value is -1.67. The van der Waals surface area contributed by atoms with Crippen molar-refractivity contribution in [2.45, 2.75) is 32.2 Å². The second-order valence-electron chi connectivity index (χ2n) is 6.97. The molecule has 1 atom stereocenters. The van der Waals surface area contributed by atoms with Gasteiger partial charge in [0, 0.05) is 29.4 Å². The first-order chi connectivity index (χ1) is 13.6. The van der Waals surface area contributed by atoms with Crippen LogP contribution in [0.1, 0.15) is 23.8 Å². The zero-order valence-electron chi connectivity index (χ0n) is 15.9. The number of aryl methyl sites for hydroxylation is 1. The quantitative estimate of drug-likeness (QED) is 0.425. The van der Waals surface area contributed by atoms with E-state index in [2.05, 4.69) is 51.9 Å². The van der Waals surface area contributed by atoms with E-state index in [0.29, 0.717) is 28.9 Å². The van der Waals surface area contributed by atoms with E-state index in [1.165, 1.54) is 11.1 Å². The van der Waals surface area contributed by atoms with Crippen molar-refractivity contribution in [1.29, 1.82) is 0 Å². The number of phenolic OH excluding ortho intramolecular Hbond substituents is 1. The number of benzene rings is 1. The number of hydrogen-bond acceptors (Lipinski definition) is 6. The zero-order valence-corrected chi connectivity index (χ0v) is 17.6. The Morgan fingerprint density at radius 2 is 2.18 bits per heavy atom. The van der Waals surface area contributed by atoms with Crippen molar-refractivity contribution in [3.05, 3.63) is 58.2 Å². The van der Waals surface area contributed by atoms with Gasteiger partial charge in [-0.25, -0.2) is 4.39 Å². The lowest BCUT2D eigenvalue weighted by molar-refractivity contribution is 0.210. The summed E-state index contributed by atoms with van der Waals surface area (Å²) >= 11 is 5.89. The first-order valence-corrected chi connectivity index (χ1v) is 10.8. The standard InChI is InChI=1S/C21H26FN3OS2/c1-15(12-17-4-3-11-28-17)25(10-8-24-27)9-2-5-18-19-13-16(26)6-7-21(19)23-14-20(18)22/h3-4,6-7,11,13-15,24,26-27H,2,5,8-10,12H2,1H3. The molecule has 7 heteroatoms. The molecule has 2 heterocycles. The average Bonchev–Trinajstić information content (AvgIpc) is 3.19. The van der Waals surface area contributed by atoms with Crippen LogP contribution < -0.4 is 4.72 Å². The number of phenols is 1. The van der Waals surface area contributed by atoms with Gasteiger partial charge in [0.2, 0.25) is 0 Å². The lowest BCUT2D eigenvalue weighted by Crippen LogP contribution is -2.39. The predicted octanol–water partition coefficient (Wildman–Crippen LogP) is 4.44. The molecule has 0 bridgehead atoms. The Morgan fingerprint density at radius 3 is 2.93 bits per heavy atom. The smallest absolute Gasteiger partial charge is 0.145 e. The van der Waals surface area contributed by atoms with E-state index in [0.717, 1.165) is 32.5 Å². The van der Waals surface area contributed by atoms with Gasteiger partial charge in [0.1, 0.15) is 11.6 Å². The normalized spacial score (nSPS) is 12.7. The van der Waals surface area contributed by atoms with Crippen LogP contribution in [-0.2, 0) is 12.8 Å². The molecule has 150 valence electrons. The van der Waals surface area contributed by atoms with Gasteiger partial charge in [-0.05, 0) is 67.9 Å². The maximum atomic E-state index is 14.4. The number of fused-ring (bicyclic) bond motifs is 1. The Bertz CT molecular complexity index is 883. The number of nitrogens with zero attached hydrogens (tertiary/aromatic N) is 2. The molecule has 0 radical (unpaired) electrons. The molecule has 0 saturated carbocycles. The summed E-state index contributed by atoms with van der Waals surface area (Å²) in [5.74, 6) is -0.180. The highest BCUT2D eigenvalue weighted by molar-refractivity contribution is 7.78. The number of thiol groups is 1. The first-order valence-electron chi connectivity index (χ1n) is 9.48. The molecule has 1 unspecified atom stereocenters. The van der Waals surface area contributed by atoms with E-state index >= 15 is 0 Å². The van der Waals surface area contributed by atoms with E-state index in [1.807, 2.05) is 0 Å². The van der Waals surface area contributed by atoms with Gasteiger partial charge in [-0.2, -0.15) is 0 Å². The third kappa shape index (κ3) is 5.44. The van der Waals surface area contributed by atoms with Crippen LogP contribution in [0.2, 0.25) is 0 Å². The van der Waals surface area contributed by atoms with Crippen molar-refractivity contribution in [2.24, 2.45) is 0 Å². The van der Waals surface area contributed by atoms with E-state index in [-0.39, 0.29) is 11.6 Å². The summed E-state index contributed by atoms with van der Waals surface area (Å²) in [5.41, 5.74) is 1.33. The summed E-state index contributed by atoms with van der Waals surface area (Å²) < 4.78 is 17.3. The number of aromatic nitrogens is 1. The lowest BCUT2D eigenvalue weighted by atomic mass is 10.0. The fourth-order valence-corrected chi connectivity index (χ4v) is 4.45. The molecule has 3 rings (SSSR count). The number of hydrogen-bond donors (Lipinski definition) is 3. The SMILES string of the molecule is CC(Cc1cccs1)N(CCCc1c(F)cnc2ccc(O)cc12)CCNS. The maximum Gasteiger partial charge on any atom is 0.145 e. The predicted molar refractivity (Wildman–Crippen MR) is 118 cm³/mol. The third-order valence-electron chi connectivity index (χ3n) is 4.99. The molecule has 1 aromatic carbocycles. The van der Waals surface area contributed by atoms with Gasteiger partial charge in [-0.3, -0.25) is 14.6 Å². The van der Waals surface area contributed by atoms with Gasteiger partial charge in [0.15, 0.2) is 0 Å². The van der Waals surface area contributed by atoms with Crippen molar-refractivity contribution in [1.82, 2.24) is 14.6 Å². The Balaban J connectivity index is 1.67. The van der Waals surface area contributed by atoms with Crippen LogP contribution in [0.25, 0.3) is 10.9 Å². The number of nitrogens with one attached hydrogen (secondary N) is 1. The lowest BCUT2D eigenvalue weighted by Gasteiger charge is -2.29. The highest BCUT2D eigenvalue weighted by Gasteiger charge is 2.16. The van der Waals surface area contributed by atoms with Crippen molar-refractivity contribution >= 4 is 35.1 Å². The molecule has 0 spiro atoms. The Labute approximate surface area is 175 Å². The monoisotopic (exact) mass is 419 g/mol. The second-order valence-corrected chi connectivity index (χ2v) is 8.31. The minimum absolute atomic E-state index is 0.132. The van der Waals surface area contributed by atoms with Crippen LogP contribution in [0, 0.1) is 5.82 Å². The fraction of sp³-hybridized carbons (Fsp3) is 0.381. The number of pyridine rings is 1. The zero-order chi connectivity index (χ0) is 19.9. The van der Waals surface area contributed by atoms with Gasteiger partial charge in [-0.15, -0.1) is 11.3 Å². The molecule has 3 aromatic rings. The summed E-state index contributed by atoms with van der Waals surface area (Å²) in [5, 5.41) is 12.6. The number of aromatic hydroxyl groups is 1. The van der Waals surface area contributed by atoms with Crippen LogP contribution in [0.15, 0.2) is 41.9 Å². The van der Waals surface area contributed by atoms with E-state index < -0.39 is 0 Å². The van der Waals surface area contributed by atoms with E-state index in [1.54, 1.807) is 29.5 Å². The minimum atomic E-state index is -0.312. The summed E-state index contributed by atoms with van der Waals surface area (Å²) in [6, 6.07) is 9.54. The van der Waals surface area contributed by atoms with Gasteiger partial charge >= 0.3 is 0 Å². The highest BCUT2D eigenvalue weighted by atomic mass is 32.1. The Kier molecular flexibility index (Phi) is 7.67. The van der Waals surface area contributed by atoms with Crippen LogP contribution in [0.3, 0.4) is 0 Å². The second kappa shape index (κ2) is 10.2. The molecule has 0 aliphatic heterocycles. The molecule has 0 saturated heterocycles. The van der Waals surface area contributed by atoms with Crippen molar-refractivity contribution in [2.75, 3.05) is 19.6 Å². The molecular formula is C21H26FN3OS2. The van der Waals surface area contributed by atoms with Crippen LogP contribution in [-0.4, -0.2) is 40.7 Å². The van der Waals surface area contributed by atoms with Crippen LogP contribution in [0.4, 0.5) is 4.39 Å². The van der Waals surface area contributed by atoms with Gasteiger partial charge < -0.3 is 5.11 Å². The minimum Gasteiger partial charge on any atom is -0.508 e. The van der Waals surface area contributed by atoms with Gasteiger partial charge in [0.25, 0.3) is 0 Å². The van der Waals surface area contributed by atoms with Crippen LogP contribution >= 0.6 is 24.2 Å². The highest BCUT2D eigenvalue weighted by Crippen LogP contribution is 2.25. The molecule has 28 heavy (non-hydrogen) atoms. The molecule has 0 aliphatic rings. The summed E-state index contributed by atoms with van der Waals surface area (Å²) in [6.07, 6.45) is 3.71. The molecular weight excluding hydrogens is 393 g/mol. The largest absolute Gasteiger partial charge is 0.508 e. The third-order valence-corrected chi connectivity index (χ3v) is 6.12. The van der Waals surface area contributed by atoms with E-state index in [9.17, 15) is 9.50 Å². The topological polar surface area (TPSA) is 48.4 Å². The number of halogens is 1. The van der Waals surface area contributed by atoms with Gasteiger partial charge in [-0.1, -0.05) is 18.9 Å². The molecule has 2 aromatic heterocycles. The van der Waals surface area contributed by atoms with Crippen molar-refractivity contribution in [3.8, 4) is 5.75 Å². The summed E-state index contributed by atoms with van der Waals surface area (Å²) in [7, 11) is 0. The van der Waals surface area contributed by atoms with E-state index in [4.69, 9.17) is 0 Å². The summed E-state index contributed by atoms with van der Waals surface area (Å²) in [4.78, 5) is 7.92. The molecule has 0 amide bonds. The van der Waals surface area contributed by atoms with Crippen molar-refractivity contribution in [3.63, 3.8) is 0 Å². The number of thiophene rings is 1. The molecule has 0 aliphatic carbocycles. The molecule has 0 fully saturated rings. The Morgan fingerprint density at radius 1 is 1.32 bits per heavy atom. The summed E-state index contributed by atoms with van der Waals surface area (Å²) in [6.45, 7) is 4.78. The van der Waals surface area contributed by atoms with Gasteiger partial charge in [0.05, 0.1) is 11.7 Å². The fourth-order valence-electron chi connectivity index (χ4n) is 3.52. The number of rotatable bonds is 10. The van der Waals surface area contributed by atoms with Crippen LogP contribution in [0.5, 0.6) is 5.75 Å². The van der Waals surface area contributed by atoms with Crippen molar-refractivity contribution < 1.29 is 9.50 Å². The first kappa shape index (κ1) is 21.0. The maximum absolute atomic E-state index is 14.4. The average molecular weight is 420 g/mol. The molecule has 2 N–H and O–H groups in total. The molecule has 4 nitrogen and oxygen atoms in total.